The molecule has 19 heavy (non-hydrogen) atoms. The van der Waals surface area contributed by atoms with Gasteiger partial charge < -0.3 is 9.84 Å². The number of aliphatic hydroxyl groups is 1. The monoisotopic (exact) mass is 280 g/mol. The maximum Gasteiger partial charge on any atom is 0.311 e. The normalized spacial score (nSPS) is 14.8. The average Bonchev–Trinajstić information content (AvgIpc) is 2.36. The fourth-order valence-corrected chi connectivity index (χ4v) is 3.80. The van der Waals surface area contributed by atoms with Crippen molar-refractivity contribution in [3.8, 4) is 0 Å². The smallest absolute Gasteiger partial charge is 0.311 e. The molecule has 0 saturated carbocycles. The summed E-state index contributed by atoms with van der Waals surface area (Å²) in [7, 11) is -1.55. The van der Waals surface area contributed by atoms with Crippen LogP contribution < -0.4 is 5.19 Å². The molecular weight excluding hydrogens is 256 g/mol. The van der Waals surface area contributed by atoms with Crippen LogP contribution in [0.25, 0.3) is 0 Å². The Labute approximate surface area is 116 Å². The minimum absolute atomic E-state index is 0.339. The molecule has 0 radical (unpaired) electrons. The van der Waals surface area contributed by atoms with Gasteiger partial charge in [-0.3, -0.25) is 4.79 Å². The maximum absolute atomic E-state index is 11.7. The molecule has 1 aromatic rings. The Balaban J connectivity index is 3.06. The third kappa shape index (κ3) is 3.91. The molecule has 0 saturated heterocycles. The van der Waals surface area contributed by atoms with Crippen LogP contribution in [0.1, 0.15) is 25.5 Å². The van der Waals surface area contributed by atoms with Crippen LogP contribution in [0, 0.1) is 5.92 Å². The lowest BCUT2D eigenvalue weighted by atomic mass is 9.97. The van der Waals surface area contributed by atoms with Gasteiger partial charge in [0.25, 0.3) is 0 Å². The SMILES string of the molecule is CCOC(=O)[C@@H](C)[C@H](O)c1ccccc1[Si](C)(C)C. The molecule has 0 aliphatic rings. The van der Waals surface area contributed by atoms with Crippen molar-refractivity contribution in [2.75, 3.05) is 6.61 Å². The Morgan fingerprint density at radius 2 is 1.89 bits per heavy atom. The van der Waals surface area contributed by atoms with E-state index in [-0.39, 0.29) is 5.97 Å². The third-order valence-corrected chi connectivity index (χ3v) is 5.29. The van der Waals surface area contributed by atoms with E-state index in [0.717, 1.165) is 5.56 Å². The second kappa shape index (κ2) is 6.35. The van der Waals surface area contributed by atoms with E-state index in [9.17, 15) is 9.90 Å². The van der Waals surface area contributed by atoms with Gasteiger partial charge in [-0.15, -0.1) is 0 Å². The van der Waals surface area contributed by atoms with Crippen molar-refractivity contribution >= 4 is 19.2 Å². The van der Waals surface area contributed by atoms with Crippen LogP contribution in [0.15, 0.2) is 24.3 Å². The summed E-state index contributed by atoms with van der Waals surface area (Å²) in [5.41, 5.74) is 0.863. The lowest BCUT2D eigenvalue weighted by Crippen LogP contribution is -2.41. The Morgan fingerprint density at radius 1 is 1.32 bits per heavy atom. The number of aliphatic hydroxyl groups excluding tert-OH is 1. The van der Waals surface area contributed by atoms with E-state index in [0.29, 0.717) is 6.61 Å². The number of hydrogen-bond acceptors (Lipinski definition) is 3. The van der Waals surface area contributed by atoms with Crippen LogP contribution in [0.3, 0.4) is 0 Å². The zero-order chi connectivity index (χ0) is 14.6. The van der Waals surface area contributed by atoms with Gasteiger partial charge >= 0.3 is 5.97 Å². The van der Waals surface area contributed by atoms with Gasteiger partial charge in [0.05, 0.1) is 26.7 Å². The summed E-state index contributed by atoms with van der Waals surface area (Å²) in [6.07, 6.45) is -0.804. The van der Waals surface area contributed by atoms with Crippen molar-refractivity contribution in [1.29, 1.82) is 0 Å². The summed E-state index contributed by atoms with van der Waals surface area (Å²) in [5, 5.41) is 11.6. The van der Waals surface area contributed by atoms with Crippen molar-refractivity contribution in [3.63, 3.8) is 0 Å². The molecule has 0 bridgehead atoms. The summed E-state index contributed by atoms with van der Waals surface area (Å²) in [6.45, 7) is 10.5. The van der Waals surface area contributed by atoms with Crippen molar-refractivity contribution in [3.05, 3.63) is 29.8 Å². The number of rotatable bonds is 5. The molecule has 106 valence electrons. The molecule has 1 N–H and O–H groups in total. The first-order valence-corrected chi connectivity index (χ1v) is 10.2. The van der Waals surface area contributed by atoms with E-state index >= 15 is 0 Å². The number of hydrogen-bond donors (Lipinski definition) is 1. The molecule has 0 heterocycles. The van der Waals surface area contributed by atoms with Gasteiger partial charge in [0.1, 0.15) is 0 Å². The molecule has 0 amide bonds. The fraction of sp³-hybridized carbons (Fsp3) is 0.533. The highest BCUT2D eigenvalue weighted by molar-refractivity contribution is 6.89. The third-order valence-electron chi connectivity index (χ3n) is 3.22. The number of carbonyl (C=O) groups is 1. The first-order valence-electron chi connectivity index (χ1n) is 6.73. The summed E-state index contributed by atoms with van der Waals surface area (Å²) < 4.78 is 4.98. The lowest BCUT2D eigenvalue weighted by Gasteiger charge is -2.26. The molecule has 0 spiro atoms. The lowest BCUT2D eigenvalue weighted by molar-refractivity contribution is -0.151. The van der Waals surface area contributed by atoms with E-state index in [1.807, 2.05) is 18.2 Å². The molecule has 2 atom stereocenters. The minimum Gasteiger partial charge on any atom is -0.466 e. The second-order valence-electron chi connectivity index (χ2n) is 5.82. The zero-order valence-electron chi connectivity index (χ0n) is 12.4. The van der Waals surface area contributed by atoms with Crippen molar-refractivity contribution in [1.82, 2.24) is 0 Å². The van der Waals surface area contributed by atoms with Gasteiger partial charge in [0, 0.05) is 0 Å². The molecule has 0 aliphatic heterocycles. The fourth-order valence-electron chi connectivity index (χ4n) is 2.11. The largest absolute Gasteiger partial charge is 0.466 e. The molecule has 0 aliphatic carbocycles. The Hall–Kier alpha value is -1.13. The van der Waals surface area contributed by atoms with Gasteiger partial charge in [0.2, 0.25) is 0 Å². The summed E-state index contributed by atoms with van der Waals surface area (Å²) in [6, 6.07) is 7.86. The zero-order valence-corrected chi connectivity index (χ0v) is 13.4. The molecule has 1 rings (SSSR count). The van der Waals surface area contributed by atoms with Crippen LogP contribution in [-0.2, 0) is 9.53 Å². The summed E-state index contributed by atoms with van der Waals surface area (Å²) in [4.78, 5) is 11.7. The molecular formula is C15H24O3Si. The Bertz CT molecular complexity index is 437. The van der Waals surface area contributed by atoms with E-state index in [4.69, 9.17) is 4.74 Å². The van der Waals surface area contributed by atoms with Gasteiger partial charge in [0.15, 0.2) is 0 Å². The molecule has 1 aromatic carbocycles. The van der Waals surface area contributed by atoms with E-state index in [1.165, 1.54) is 5.19 Å². The molecule has 0 aromatic heterocycles. The minimum atomic E-state index is -1.55. The van der Waals surface area contributed by atoms with Crippen molar-refractivity contribution in [2.24, 2.45) is 5.92 Å². The molecule has 0 fully saturated rings. The Kier molecular flexibility index (Phi) is 5.32. The summed E-state index contributed by atoms with van der Waals surface area (Å²) in [5.74, 6) is -0.891. The molecule has 4 heteroatoms. The molecule has 3 nitrogen and oxygen atoms in total. The van der Waals surface area contributed by atoms with Crippen molar-refractivity contribution < 1.29 is 14.6 Å². The Morgan fingerprint density at radius 3 is 2.42 bits per heavy atom. The topological polar surface area (TPSA) is 46.5 Å². The first-order chi connectivity index (χ1) is 8.79. The van der Waals surface area contributed by atoms with Crippen LogP contribution in [0.4, 0.5) is 0 Å². The van der Waals surface area contributed by atoms with Crippen LogP contribution in [-0.4, -0.2) is 25.8 Å². The second-order valence-corrected chi connectivity index (χ2v) is 10.9. The van der Waals surface area contributed by atoms with E-state index in [2.05, 4.69) is 25.7 Å². The highest BCUT2D eigenvalue weighted by Crippen LogP contribution is 2.23. The standard InChI is InChI=1S/C15H24O3Si/c1-6-18-15(17)11(2)14(16)12-9-7-8-10-13(12)19(3,4)5/h7-11,14,16H,6H2,1-5H3/t11-,14-/m0/s1. The van der Waals surface area contributed by atoms with Crippen LogP contribution in [0.2, 0.25) is 19.6 Å². The number of esters is 1. The van der Waals surface area contributed by atoms with Gasteiger partial charge in [-0.1, -0.05) is 49.1 Å². The van der Waals surface area contributed by atoms with Crippen molar-refractivity contribution in [2.45, 2.75) is 39.6 Å². The highest BCUT2D eigenvalue weighted by Gasteiger charge is 2.29. The maximum atomic E-state index is 11.7. The van der Waals surface area contributed by atoms with Gasteiger partial charge in [-0.05, 0) is 19.4 Å². The quantitative estimate of drug-likeness (QED) is 0.666. The average molecular weight is 280 g/mol. The van der Waals surface area contributed by atoms with Crippen LogP contribution in [0.5, 0.6) is 0 Å². The summed E-state index contributed by atoms with van der Waals surface area (Å²) >= 11 is 0. The van der Waals surface area contributed by atoms with Gasteiger partial charge in [-0.2, -0.15) is 0 Å². The predicted molar refractivity (Wildman–Crippen MR) is 80.2 cm³/mol. The first kappa shape index (κ1) is 15.9. The van der Waals surface area contributed by atoms with E-state index in [1.54, 1.807) is 13.8 Å². The number of ether oxygens (including phenoxy) is 1. The van der Waals surface area contributed by atoms with E-state index < -0.39 is 20.1 Å². The number of benzene rings is 1. The van der Waals surface area contributed by atoms with Gasteiger partial charge in [-0.25, -0.2) is 0 Å². The van der Waals surface area contributed by atoms with Crippen LogP contribution >= 0.6 is 0 Å². The molecule has 0 unspecified atom stereocenters. The highest BCUT2D eigenvalue weighted by atomic mass is 28.3. The predicted octanol–water partition coefficient (Wildman–Crippen LogP) is 2.46. The number of carbonyl (C=O) groups excluding carboxylic acids is 1.